The van der Waals surface area contributed by atoms with Crippen LogP contribution in [-0.4, -0.2) is 0 Å². The van der Waals surface area contributed by atoms with Crippen molar-refractivity contribution in [2.75, 3.05) is 0 Å². The zero-order chi connectivity index (χ0) is 9.30. The van der Waals surface area contributed by atoms with Crippen LogP contribution in [0.25, 0.3) is 0 Å². The van der Waals surface area contributed by atoms with Crippen molar-refractivity contribution in [3.05, 3.63) is 41.6 Å². The molecule has 1 aliphatic rings. The van der Waals surface area contributed by atoms with Crippen molar-refractivity contribution in [3.8, 4) is 6.07 Å². The predicted molar refractivity (Wildman–Crippen MR) is 36.4 cm³/mol. The van der Waals surface area contributed by atoms with Gasteiger partial charge in [-0.25, -0.2) is 0 Å². The van der Waals surface area contributed by atoms with Crippen LogP contribution in [-0.2, 0) is 0 Å². The molecule has 0 aromatic carbocycles. The number of nitriles is 1. The molecule has 1 rings (SSSR count). The van der Waals surface area contributed by atoms with Gasteiger partial charge in [0.15, 0.2) is 0 Å². The minimum absolute atomic E-state index is 0.328. The normalized spacial score (nSPS) is 17.7. The average Bonchev–Trinajstić information content (AvgIpc) is 2.02. The molecule has 0 fully saturated rings. The van der Waals surface area contributed by atoms with Gasteiger partial charge in [0.25, 0.3) is 5.83 Å². The van der Waals surface area contributed by atoms with Crippen molar-refractivity contribution in [2.24, 2.45) is 0 Å². The fourth-order valence-electron chi connectivity index (χ4n) is 0.754. The molecule has 0 aromatic rings. The summed E-state index contributed by atoms with van der Waals surface area (Å²) in [5.74, 6) is -2.74. The number of hydrogen-bond acceptors (Lipinski definition) is 1. The molecule has 0 heterocycles. The van der Waals surface area contributed by atoms with E-state index in [1.807, 2.05) is 0 Å². The molecule has 0 saturated heterocycles. The molecule has 4 heteroatoms. The van der Waals surface area contributed by atoms with Crippen LogP contribution in [0.3, 0.4) is 0 Å². The molecule has 60 valence electrons. The Bertz CT molecular complexity index is 333. The molecule has 12 heavy (non-hydrogen) atoms. The Morgan fingerprint density at radius 2 is 2.08 bits per heavy atom. The standard InChI is InChI=1S/C8H3F3N/c1-4-2-6(9)8(11)5(3-12)7(4)10/h2H,1H2/q+1. The maximum Gasteiger partial charge on any atom is 0.254 e. The zero-order valence-electron chi connectivity index (χ0n) is 5.87. The van der Waals surface area contributed by atoms with Crippen molar-refractivity contribution >= 4 is 0 Å². The van der Waals surface area contributed by atoms with Crippen LogP contribution in [0.15, 0.2) is 35.5 Å². The molecule has 0 spiro atoms. The van der Waals surface area contributed by atoms with E-state index in [0.29, 0.717) is 6.08 Å². The second-order valence-corrected chi connectivity index (χ2v) is 2.13. The van der Waals surface area contributed by atoms with Crippen LogP contribution < -0.4 is 0 Å². The first-order valence-corrected chi connectivity index (χ1v) is 2.97. The maximum absolute atomic E-state index is 12.8. The van der Waals surface area contributed by atoms with E-state index in [0.717, 1.165) is 0 Å². The lowest BCUT2D eigenvalue weighted by molar-refractivity contribution is 0.498. The van der Waals surface area contributed by atoms with E-state index in [1.165, 1.54) is 6.07 Å². The van der Waals surface area contributed by atoms with E-state index in [2.05, 4.69) is 6.58 Å². The lowest BCUT2D eigenvalue weighted by Gasteiger charge is -2.03. The molecule has 0 bridgehead atoms. The van der Waals surface area contributed by atoms with E-state index in [-0.39, 0.29) is 5.57 Å². The monoisotopic (exact) mass is 170 g/mol. The topological polar surface area (TPSA) is 23.8 Å². The number of allylic oxidation sites excluding steroid dienone is 5. The van der Waals surface area contributed by atoms with Gasteiger partial charge in [0.1, 0.15) is 5.57 Å². The first-order chi connectivity index (χ1) is 5.57. The van der Waals surface area contributed by atoms with Crippen LogP contribution in [0.1, 0.15) is 0 Å². The predicted octanol–water partition coefficient (Wildman–Crippen LogP) is 2.66. The molecule has 0 saturated carbocycles. The van der Waals surface area contributed by atoms with E-state index < -0.39 is 23.4 Å². The summed E-state index contributed by atoms with van der Waals surface area (Å²) < 4.78 is 37.8. The largest absolute Gasteiger partial charge is 0.254 e. The van der Waals surface area contributed by atoms with Crippen molar-refractivity contribution in [3.63, 3.8) is 0 Å². The second-order valence-electron chi connectivity index (χ2n) is 2.13. The molecule has 1 aliphatic carbocycles. The van der Waals surface area contributed by atoms with E-state index >= 15 is 0 Å². The molecule has 0 unspecified atom stereocenters. The quantitative estimate of drug-likeness (QED) is 0.512. The molecule has 1 nitrogen and oxygen atoms in total. The van der Waals surface area contributed by atoms with E-state index in [1.54, 1.807) is 0 Å². The third-order valence-electron chi connectivity index (χ3n) is 1.34. The average molecular weight is 170 g/mol. The molecule has 0 radical (unpaired) electrons. The van der Waals surface area contributed by atoms with Crippen molar-refractivity contribution in [2.45, 2.75) is 0 Å². The Morgan fingerprint density at radius 3 is 2.58 bits per heavy atom. The highest BCUT2D eigenvalue weighted by Gasteiger charge is 2.36. The van der Waals surface area contributed by atoms with Gasteiger partial charge in [-0.05, 0) is 6.58 Å². The van der Waals surface area contributed by atoms with Gasteiger partial charge in [-0.1, -0.05) is 0 Å². The van der Waals surface area contributed by atoms with Gasteiger partial charge < -0.3 is 0 Å². The molecule has 0 aromatic heterocycles. The minimum atomic E-state index is -1.47. The first-order valence-electron chi connectivity index (χ1n) is 2.97. The van der Waals surface area contributed by atoms with Crippen molar-refractivity contribution < 1.29 is 13.2 Å². The first kappa shape index (κ1) is 8.47. The third-order valence-corrected chi connectivity index (χ3v) is 1.34. The van der Waals surface area contributed by atoms with Crippen LogP contribution in [0.4, 0.5) is 13.2 Å². The fraction of sp³-hybridized carbons (Fsp3) is 0. The fourth-order valence-corrected chi connectivity index (χ4v) is 0.754. The summed E-state index contributed by atoms with van der Waals surface area (Å²) in [5, 5.41) is 8.22. The highest BCUT2D eigenvalue weighted by Crippen LogP contribution is 2.35. The number of nitrogens with zero attached hydrogens (tertiary/aromatic N) is 1. The van der Waals surface area contributed by atoms with Crippen molar-refractivity contribution in [1.29, 1.82) is 5.26 Å². The number of halogens is 3. The van der Waals surface area contributed by atoms with Crippen LogP contribution in [0, 0.1) is 17.5 Å². The van der Waals surface area contributed by atoms with Crippen molar-refractivity contribution in [1.82, 2.24) is 0 Å². The van der Waals surface area contributed by atoms with Gasteiger partial charge in [0.05, 0.1) is 6.08 Å². The van der Waals surface area contributed by atoms with Gasteiger partial charge in [-0.15, -0.1) is 5.26 Å². The molecular weight excluding hydrogens is 167 g/mol. The van der Waals surface area contributed by atoms with Gasteiger partial charge >= 0.3 is 0 Å². The SMILES string of the molecule is C=C1C=C(F)C(F)=C(C#N)[C+]1F. The lowest BCUT2D eigenvalue weighted by atomic mass is 9.99. The Kier molecular flexibility index (Phi) is 1.96. The van der Waals surface area contributed by atoms with Crippen LogP contribution in [0.5, 0.6) is 0 Å². The van der Waals surface area contributed by atoms with Gasteiger partial charge in [0, 0.05) is 0 Å². The number of rotatable bonds is 0. The van der Waals surface area contributed by atoms with Gasteiger partial charge in [-0.2, -0.15) is 13.2 Å². The summed E-state index contributed by atoms with van der Waals surface area (Å²) in [4.78, 5) is 0. The van der Waals surface area contributed by atoms with Gasteiger partial charge in [0.2, 0.25) is 23.6 Å². The van der Waals surface area contributed by atoms with E-state index in [9.17, 15) is 13.2 Å². The summed E-state index contributed by atoms with van der Waals surface area (Å²) in [6, 6.07) is 1.22. The molecule has 0 aliphatic heterocycles. The number of hydrogen-bond donors (Lipinski definition) is 0. The third kappa shape index (κ3) is 1.10. The Morgan fingerprint density at radius 1 is 1.50 bits per heavy atom. The lowest BCUT2D eigenvalue weighted by Crippen LogP contribution is -2.03. The van der Waals surface area contributed by atoms with E-state index in [4.69, 9.17) is 5.26 Å². The van der Waals surface area contributed by atoms with Gasteiger partial charge in [-0.3, -0.25) is 0 Å². The maximum atomic E-state index is 12.8. The Hall–Kier alpha value is -1.63. The highest BCUT2D eigenvalue weighted by atomic mass is 19.2. The summed E-state index contributed by atoms with van der Waals surface area (Å²) in [7, 11) is 0. The Balaban J connectivity index is 3.23. The van der Waals surface area contributed by atoms with Crippen LogP contribution in [0.2, 0.25) is 0 Å². The molecule has 0 amide bonds. The molecule has 0 atom stereocenters. The summed E-state index contributed by atoms with van der Waals surface area (Å²) >= 11 is 0. The van der Waals surface area contributed by atoms with Crippen LogP contribution >= 0.6 is 0 Å². The Labute approximate surface area is 67.1 Å². The summed E-state index contributed by atoms with van der Waals surface area (Å²) in [6.07, 6.45) is -0.512. The summed E-state index contributed by atoms with van der Waals surface area (Å²) in [6.45, 7) is 3.10. The highest BCUT2D eigenvalue weighted by molar-refractivity contribution is 5.56. The second kappa shape index (κ2) is 2.78. The summed E-state index contributed by atoms with van der Waals surface area (Å²) in [5.41, 5.74) is -1.26. The minimum Gasteiger partial charge on any atom is -0.185 e. The zero-order valence-corrected chi connectivity index (χ0v) is 5.87. The molecule has 0 N–H and O–H groups in total. The smallest absolute Gasteiger partial charge is 0.185 e. The molecular formula is C8H3F3N+.